The molecule has 96 valence electrons. The zero-order valence-corrected chi connectivity index (χ0v) is 11.8. The molecule has 1 atom stereocenters. The van der Waals surface area contributed by atoms with Crippen molar-refractivity contribution in [1.82, 2.24) is 0 Å². The van der Waals surface area contributed by atoms with Gasteiger partial charge in [0, 0.05) is 4.90 Å². The van der Waals surface area contributed by atoms with Crippen LogP contribution in [0.1, 0.15) is 22.3 Å². The summed E-state index contributed by atoms with van der Waals surface area (Å²) >= 11 is 0. The van der Waals surface area contributed by atoms with Crippen molar-refractivity contribution in [2.75, 3.05) is 0 Å². The van der Waals surface area contributed by atoms with Crippen LogP contribution in [0.25, 0.3) is 0 Å². The Kier molecular flexibility index (Phi) is 4.13. The number of aryl methyl sites for hydroxylation is 2. The van der Waals surface area contributed by atoms with Crippen molar-refractivity contribution in [3.8, 4) is 6.07 Å². The van der Waals surface area contributed by atoms with Crippen LogP contribution in [0.5, 0.6) is 0 Å². The quantitative estimate of drug-likeness (QED) is 0.856. The van der Waals surface area contributed by atoms with E-state index in [2.05, 4.69) is 6.07 Å². The normalized spacial score (nSPS) is 11.8. The average Bonchev–Trinajstić information content (AvgIpc) is 2.41. The van der Waals surface area contributed by atoms with E-state index in [1.54, 1.807) is 6.07 Å². The molecular formula is C16H15NOS. The van der Waals surface area contributed by atoms with Gasteiger partial charge in [-0.15, -0.1) is 0 Å². The summed E-state index contributed by atoms with van der Waals surface area (Å²) in [6.07, 6.45) is 0. The van der Waals surface area contributed by atoms with E-state index in [1.807, 2.05) is 50.2 Å². The second kappa shape index (κ2) is 5.81. The van der Waals surface area contributed by atoms with Crippen molar-refractivity contribution in [1.29, 1.82) is 5.26 Å². The van der Waals surface area contributed by atoms with Gasteiger partial charge in [0.25, 0.3) is 0 Å². The molecule has 0 heterocycles. The number of rotatable bonds is 3. The van der Waals surface area contributed by atoms with Gasteiger partial charge in [-0.05, 0) is 48.7 Å². The van der Waals surface area contributed by atoms with Gasteiger partial charge < -0.3 is 0 Å². The van der Waals surface area contributed by atoms with Crippen LogP contribution in [0, 0.1) is 25.2 Å². The minimum atomic E-state index is -1.05. The third-order valence-corrected chi connectivity index (χ3v) is 4.62. The molecule has 2 rings (SSSR count). The molecular weight excluding hydrogens is 254 g/mol. The van der Waals surface area contributed by atoms with Gasteiger partial charge in [0.15, 0.2) is 0 Å². The third kappa shape index (κ3) is 3.10. The maximum atomic E-state index is 12.4. The summed E-state index contributed by atoms with van der Waals surface area (Å²) < 4.78 is 12.4. The molecule has 0 aromatic heterocycles. The van der Waals surface area contributed by atoms with E-state index in [-0.39, 0.29) is 0 Å². The van der Waals surface area contributed by atoms with E-state index in [0.29, 0.717) is 11.3 Å². The van der Waals surface area contributed by atoms with Gasteiger partial charge >= 0.3 is 0 Å². The monoisotopic (exact) mass is 269 g/mol. The van der Waals surface area contributed by atoms with Crippen molar-refractivity contribution in [2.24, 2.45) is 0 Å². The zero-order valence-electron chi connectivity index (χ0n) is 11.0. The minimum absolute atomic E-state index is 0.488. The molecule has 19 heavy (non-hydrogen) atoms. The standard InChI is InChI=1S/C16H15NOS/c1-12-5-3-4-6-16(12)19(18)11-15-8-7-14(10-17)9-13(15)2/h3-9H,11H2,1-2H3. The molecule has 0 saturated carbocycles. The molecule has 2 nitrogen and oxygen atoms in total. The molecule has 0 fully saturated rings. The SMILES string of the molecule is Cc1cc(C#N)ccc1CS(=O)c1ccccc1C. The fourth-order valence-electron chi connectivity index (χ4n) is 1.96. The number of hydrogen-bond acceptors (Lipinski definition) is 2. The molecule has 0 aliphatic carbocycles. The molecule has 0 spiro atoms. The fourth-order valence-corrected chi connectivity index (χ4v) is 3.38. The first-order chi connectivity index (χ1) is 9.11. The summed E-state index contributed by atoms with van der Waals surface area (Å²) in [6.45, 7) is 3.92. The first-order valence-corrected chi connectivity index (χ1v) is 7.37. The fraction of sp³-hybridized carbons (Fsp3) is 0.188. The zero-order chi connectivity index (χ0) is 13.8. The van der Waals surface area contributed by atoms with Crippen LogP contribution in [0.3, 0.4) is 0 Å². The Morgan fingerprint density at radius 2 is 1.84 bits per heavy atom. The summed E-state index contributed by atoms with van der Waals surface area (Å²) in [5.74, 6) is 0.488. The van der Waals surface area contributed by atoms with E-state index in [0.717, 1.165) is 21.6 Å². The van der Waals surface area contributed by atoms with Crippen LogP contribution in [-0.2, 0) is 16.6 Å². The van der Waals surface area contributed by atoms with Crippen molar-refractivity contribution < 1.29 is 4.21 Å². The predicted octanol–water partition coefficient (Wildman–Crippen LogP) is 3.48. The van der Waals surface area contributed by atoms with Crippen molar-refractivity contribution in [2.45, 2.75) is 24.5 Å². The molecule has 1 unspecified atom stereocenters. The minimum Gasteiger partial charge on any atom is -0.254 e. The summed E-state index contributed by atoms with van der Waals surface area (Å²) in [5.41, 5.74) is 3.73. The Hall–Kier alpha value is -1.92. The van der Waals surface area contributed by atoms with Gasteiger partial charge in [-0.2, -0.15) is 5.26 Å². The highest BCUT2D eigenvalue weighted by atomic mass is 32.2. The topological polar surface area (TPSA) is 40.9 Å². The average molecular weight is 269 g/mol. The Morgan fingerprint density at radius 3 is 2.47 bits per heavy atom. The van der Waals surface area contributed by atoms with Crippen molar-refractivity contribution in [3.05, 3.63) is 64.7 Å². The van der Waals surface area contributed by atoms with Gasteiger partial charge in [0.05, 0.1) is 28.2 Å². The van der Waals surface area contributed by atoms with E-state index in [4.69, 9.17) is 5.26 Å². The van der Waals surface area contributed by atoms with Crippen LogP contribution in [0.15, 0.2) is 47.4 Å². The summed E-state index contributed by atoms with van der Waals surface area (Å²) in [7, 11) is -1.05. The molecule has 2 aromatic carbocycles. The molecule has 0 radical (unpaired) electrons. The van der Waals surface area contributed by atoms with Crippen LogP contribution in [0.4, 0.5) is 0 Å². The lowest BCUT2D eigenvalue weighted by molar-refractivity contribution is 0.682. The predicted molar refractivity (Wildman–Crippen MR) is 77.2 cm³/mol. The van der Waals surface area contributed by atoms with Gasteiger partial charge in [-0.3, -0.25) is 4.21 Å². The van der Waals surface area contributed by atoms with Crippen LogP contribution in [-0.4, -0.2) is 4.21 Å². The largest absolute Gasteiger partial charge is 0.254 e. The van der Waals surface area contributed by atoms with E-state index < -0.39 is 10.8 Å². The molecule has 0 amide bonds. The van der Waals surface area contributed by atoms with Gasteiger partial charge in [-0.1, -0.05) is 24.3 Å². The second-order valence-electron chi connectivity index (χ2n) is 4.51. The Morgan fingerprint density at radius 1 is 1.11 bits per heavy atom. The maximum absolute atomic E-state index is 12.4. The van der Waals surface area contributed by atoms with E-state index in [1.165, 1.54) is 0 Å². The van der Waals surface area contributed by atoms with Gasteiger partial charge in [0.2, 0.25) is 0 Å². The van der Waals surface area contributed by atoms with Crippen LogP contribution >= 0.6 is 0 Å². The number of benzene rings is 2. The summed E-state index contributed by atoms with van der Waals surface area (Å²) in [6, 6.07) is 15.4. The van der Waals surface area contributed by atoms with E-state index >= 15 is 0 Å². The van der Waals surface area contributed by atoms with E-state index in [9.17, 15) is 4.21 Å². The highest BCUT2D eigenvalue weighted by Crippen LogP contribution is 2.19. The highest BCUT2D eigenvalue weighted by Gasteiger charge is 2.09. The molecule has 0 saturated heterocycles. The highest BCUT2D eigenvalue weighted by molar-refractivity contribution is 7.84. The van der Waals surface area contributed by atoms with Crippen LogP contribution < -0.4 is 0 Å². The molecule has 2 aromatic rings. The van der Waals surface area contributed by atoms with Gasteiger partial charge in [0.1, 0.15) is 0 Å². The molecule has 0 bridgehead atoms. The molecule has 0 aliphatic rings. The maximum Gasteiger partial charge on any atom is 0.0991 e. The van der Waals surface area contributed by atoms with Crippen molar-refractivity contribution >= 4 is 10.8 Å². The van der Waals surface area contributed by atoms with Gasteiger partial charge in [-0.25, -0.2) is 0 Å². The van der Waals surface area contributed by atoms with Crippen molar-refractivity contribution in [3.63, 3.8) is 0 Å². The van der Waals surface area contributed by atoms with Crippen LogP contribution in [0.2, 0.25) is 0 Å². The third-order valence-electron chi connectivity index (χ3n) is 3.10. The summed E-state index contributed by atoms with van der Waals surface area (Å²) in [5, 5.41) is 8.84. The lowest BCUT2D eigenvalue weighted by Gasteiger charge is -2.08. The Labute approximate surface area is 116 Å². The Balaban J connectivity index is 2.25. The smallest absolute Gasteiger partial charge is 0.0991 e. The number of nitriles is 1. The Bertz CT molecular complexity index is 671. The molecule has 0 N–H and O–H groups in total. The lowest BCUT2D eigenvalue weighted by Crippen LogP contribution is -2.00. The molecule has 0 aliphatic heterocycles. The first kappa shape index (κ1) is 13.5. The number of hydrogen-bond donors (Lipinski definition) is 0. The summed E-state index contributed by atoms with van der Waals surface area (Å²) in [4.78, 5) is 0.881. The lowest BCUT2D eigenvalue weighted by atomic mass is 10.1. The first-order valence-electron chi connectivity index (χ1n) is 6.05. The number of nitrogens with zero attached hydrogens (tertiary/aromatic N) is 1. The second-order valence-corrected chi connectivity index (χ2v) is 5.93. The molecule has 3 heteroatoms.